The van der Waals surface area contributed by atoms with Gasteiger partial charge in [-0.3, -0.25) is 0 Å². The molecule has 156 valence electrons. The van der Waals surface area contributed by atoms with Crippen LogP contribution in [-0.4, -0.2) is 19.0 Å². The van der Waals surface area contributed by atoms with Gasteiger partial charge in [0.25, 0.3) is 0 Å². The average molecular weight is 417 g/mol. The second-order valence-electron chi connectivity index (χ2n) is 7.03. The molecule has 5 nitrogen and oxygen atoms in total. The highest BCUT2D eigenvalue weighted by Crippen LogP contribution is 2.30. The lowest BCUT2D eigenvalue weighted by Crippen LogP contribution is -2.05. The summed E-state index contributed by atoms with van der Waals surface area (Å²) in [6, 6.07) is 19.0. The van der Waals surface area contributed by atoms with Crippen molar-refractivity contribution in [3.63, 3.8) is 0 Å². The Bertz CT molecular complexity index is 1180. The number of esters is 1. The van der Waals surface area contributed by atoms with Crippen LogP contribution in [0, 0.1) is 12.7 Å². The van der Waals surface area contributed by atoms with Crippen LogP contribution in [0.5, 0.6) is 11.5 Å². The molecule has 0 amide bonds. The number of aliphatic imine (C=N–C) groups is 1. The van der Waals surface area contributed by atoms with Crippen molar-refractivity contribution in [3.05, 3.63) is 100 Å². The lowest BCUT2D eigenvalue weighted by atomic mass is 10.1. The molecular formula is C25H20FNO4. The third-order valence-corrected chi connectivity index (χ3v) is 4.68. The molecule has 0 saturated heterocycles. The van der Waals surface area contributed by atoms with E-state index >= 15 is 0 Å². The Hall–Kier alpha value is -3.93. The number of hydrogen-bond donors (Lipinski definition) is 0. The van der Waals surface area contributed by atoms with Crippen LogP contribution in [0.15, 0.2) is 77.4 Å². The zero-order chi connectivity index (χ0) is 21.8. The number of halogens is 1. The Balaban J connectivity index is 1.57. The van der Waals surface area contributed by atoms with E-state index in [2.05, 4.69) is 11.1 Å². The van der Waals surface area contributed by atoms with Crippen LogP contribution in [-0.2, 0) is 16.1 Å². The van der Waals surface area contributed by atoms with Gasteiger partial charge in [0.1, 0.15) is 12.4 Å². The molecule has 1 aliphatic rings. The van der Waals surface area contributed by atoms with Crippen molar-refractivity contribution >= 4 is 17.9 Å². The van der Waals surface area contributed by atoms with Gasteiger partial charge in [-0.05, 0) is 60.5 Å². The van der Waals surface area contributed by atoms with Gasteiger partial charge in [-0.1, -0.05) is 35.9 Å². The van der Waals surface area contributed by atoms with Gasteiger partial charge in [-0.2, -0.15) is 0 Å². The van der Waals surface area contributed by atoms with Gasteiger partial charge in [0, 0.05) is 5.56 Å². The first-order valence-corrected chi connectivity index (χ1v) is 9.67. The minimum absolute atomic E-state index is 0.140. The summed E-state index contributed by atoms with van der Waals surface area (Å²) < 4.78 is 29.7. The number of carbonyl (C=O) groups is 1. The summed E-state index contributed by atoms with van der Waals surface area (Å²) >= 11 is 0. The van der Waals surface area contributed by atoms with Crippen LogP contribution < -0.4 is 9.47 Å². The lowest BCUT2D eigenvalue weighted by Gasteiger charge is -2.12. The van der Waals surface area contributed by atoms with Crippen LogP contribution in [0.2, 0.25) is 0 Å². The SMILES string of the molecule is COc1ccc(C=C2N=C(c3ccc(F)cc3)OC2=O)cc1OCc1cccc(C)c1. The van der Waals surface area contributed by atoms with E-state index in [4.69, 9.17) is 14.2 Å². The third kappa shape index (κ3) is 4.80. The van der Waals surface area contributed by atoms with Crippen molar-refractivity contribution in [2.24, 2.45) is 4.99 Å². The molecule has 3 aromatic carbocycles. The molecule has 0 aromatic heterocycles. The summed E-state index contributed by atoms with van der Waals surface area (Å²) in [5.74, 6) is 0.325. The Kier molecular flexibility index (Phi) is 5.80. The smallest absolute Gasteiger partial charge is 0.363 e. The van der Waals surface area contributed by atoms with Crippen molar-refractivity contribution in [1.29, 1.82) is 0 Å². The number of hydrogen-bond acceptors (Lipinski definition) is 5. The molecule has 0 bridgehead atoms. The Morgan fingerprint density at radius 2 is 1.84 bits per heavy atom. The van der Waals surface area contributed by atoms with Crippen LogP contribution in [0.1, 0.15) is 22.3 Å². The number of nitrogens with zero attached hydrogens (tertiary/aromatic N) is 1. The maximum atomic E-state index is 13.1. The van der Waals surface area contributed by atoms with Crippen molar-refractivity contribution in [2.45, 2.75) is 13.5 Å². The van der Waals surface area contributed by atoms with E-state index in [0.717, 1.165) is 11.1 Å². The standard InChI is InChI=1S/C25H20FNO4/c1-16-4-3-5-18(12-16)15-30-23-14-17(6-11-22(23)29-2)13-21-25(28)31-24(27-21)19-7-9-20(26)10-8-19/h3-14H,15H2,1-2H3. The van der Waals surface area contributed by atoms with Gasteiger partial charge >= 0.3 is 5.97 Å². The van der Waals surface area contributed by atoms with E-state index in [0.29, 0.717) is 29.2 Å². The van der Waals surface area contributed by atoms with E-state index in [1.807, 2.05) is 25.1 Å². The maximum absolute atomic E-state index is 13.1. The molecule has 0 saturated carbocycles. The second-order valence-corrected chi connectivity index (χ2v) is 7.03. The normalized spacial score (nSPS) is 14.4. The van der Waals surface area contributed by atoms with Crippen molar-refractivity contribution in [1.82, 2.24) is 0 Å². The molecule has 1 heterocycles. The van der Waals surface area contributed by atoms with Crippen molar-refractivity contribution in [3.8, 4) is 11.5 Å². The number of ether oxygens (including phenoxy) is 3. The maximum Gasteiger partial charge on any atom is 0.363 e. The molecule has 0 N–H and O–H groups in total. The first kappa shape index (κ1) is 20.3. The molecule has 0 radical (unpaired) electrons. The molecule has 1 aliphatic heterocycles. The van der Waals surface area contributed by atoms with Crippen LogP contribution in [0.25, 0.3) is 6.08 Å². The Labute approximate surface area is 179 Å². The minimum Gasteiger partial charge on any atom is -0.493 e. The topological polar surface area (TPSA) is 57.1 Å². The summed E-state index contributed by atoms with van der Waals surface area (Å²) in [6.45, 7) is 2.41. The molecule has 0 spiro atoms. The van der Waals surface area contributed by atoms with Gasteiger partial charge in [0.2, 0.25) is 5.90 Å². The number of cyclic esters (lactones) is 1. The number of rotatable bonds is 6. The Morgan fingerprint density at radius 1 is 1.03 bits per heavy atom. The summed E-state index contributed by atoms with van der Waals surface area (Å²) in [5.41, 5.74) is 3.57. The highest BCUT2D eigenvalue weighted by Gasteiger charge is 2.24. The fourth-order valence-corrected chi connectivity index (χ4v) is 3.14. The molecule has 0 atom stereocenters. The number of methoxy groups -OCH3 is 1. The first-order chi connectivity index (χ1) is 15.0. The van der Waals surface area contributed by atoms with Gasteiger partial charge in [0.15, 0.2) is 17.2 Å². The number of benzene rings is 3. The predicted octanol–water partition coefficient (Wildman–Crippen LogP) is 5.07. The zero-order valence-electron chi connectivity index (χ0n) is 17.1. The number of carbonyl (C=O) groups excluding carboxylic acids is 1. The monoisotopic (exact) mass is 417 g/mol. The van der Waals surface area contributed by atoms with Crippen LogP contribution in [0.3, 0.4) is 0 Å². The molecule has 0 unspecified atom stereocenters. The molecule has 3 aromatic rings. The highest BCUT2D eigenvalue weighted by atomic mass is 19.1. The predicted molar refractivity (Wildman–Crippen MR) is 116 cm³/mol. The van der Waals surface area contributed by atoms with Gasteiger partial charge in [-0.15, -0.1) is 0 Å². The quantitative estimate of drug-likeness (QED) is 0.415. The van der Waals surface area contributed by atoms with E-state index in [-0.39, 0.29) is 17.4 Å². The molecule has 0 aliphatic carbocycles. The van der Waals surface area contributed by atoms with Crippen LogP contribution in [0.4, 0.5) is 4.39 Å². The van der Waals surface area contributed by atoms with E-state index in [1.165, 1.54) is 24.3 Å². The summed E-state index contributed by atoms with van der Waals surface area (Å²) in [7, 11) is 1.57. The second kappa shape index (κ2) is 8.83. The molecule has 4 rings (SSSR count). The van der Waals surface area contributed by atoms with Gasteiger partial charge in [-0.25, -0.2) is 14.2 Å². The molecule has 31 heavy (non-hydrogen) atoms. The van der Waals surface area contributed by atoms with Gasteiger partial charge in [0.05, 0.1) is 7.11 Å². The third-order valence-electron chi connectivity index (χ3n) is 4.68. The summed E-state index contributed by atoms with van der Waals surface area (Å²) in [4.78, 5) is 16.5. The van der Waals surface area contributed by atoms with Crippen molar-refractivity contribution < 1.29 is 23.4 Å². The fraction of sp³-hybridized carbons (Fsp3) is 0.120. The molecule has 6 heteroatoms. The zero-order valence-corrected chi connectivity index (χ0v) is 17.1. The van der Waals surface area contributed by atoms with E-state index in [9.17, 15) is 9.18 Å². The average Bonchev–Trinajstić information content (AvgIpc) is 3.13. The molecule has 0 fully saturated rings. The van der Waals surface area contributed by atoms with Gasteiger partial charge < -0.3 is 14.2 Å². The number of aryl methyl sites for hydroxylation is 1. The first-order valence-electron chi connectivity index (χ1n) is 9.67. The minimum atomic E-state index is -0.572. The highest BCUT2D eigenvalue weighted by molar-refractivity contribution is 6.12. The van der Waals surface area contributed by atoms with Crippen molar-refractivity contribution in [2.75, 3.05) is 7.11 Å². The Morgan fingerprint density at radius 3 is 2.58 bits per heavy atom. The fourth-order valence-electron chi connectivity index (χ4n) is 3.14. The van der Waals surface area contributed by atoms with E-state index < -0.39 is 5.97 Å². The van der Waals surface area contributed by atoms with Crippen LogP contribution >= 0.6 is 0 Å². The summed E-state index contributed by atoms with van der Waals surface area (Å²) in [5, 5.41) is 0. The molecular weight excluding hydrogens is 397 g/mol. The summed E-state index contributed by atoms with van der Waals surface area (Å²) in [6.07, 6.45) is 1.61. The lowest BCUT2D eigenvalue weighted by molar-refractivity contribution is -0.129. The van der Waals surface area contributed by atoms with E-state index in [1.54, 1.807) is 31.4 Å². The largest absolute Gasteiger partial charge is 0.493 e.